The Morgan fingerprint density at radius 2 is 1.24 bits per heavy atom. The zero-order valence-corrected chi connectivity index (χ0v) is 29.2. The van der Waals surface area contributed by atoms with Crippen LogP contribution in [0.4, 0.5) is 0 Å². The average molecular weight is 670 g/mol. The van der Waals surface area contributed by atoms with Crippen LogP contribution in [0.3, 0.4) is 0 Å². The number of carbonyl (C=O) groups excluding carboxylic acids is 1. The highest BCUT2D eigenvalue weighted by atomic mass is 16.2. The van der Waals surface area contributed by atoms with Gasteiger partial charge in [-0.3, -0.25) is 4.79 Å². The van der Waals surface area contributed by atoms with E-state index in [-0.39, 0.29) is 5.41 Å². The van der Waals surface area contributed by atoms with Gasteiger partial charge >= 0.3 is 0 Å². The first-order valence-corrected chi connectivity index (χ1v) is 18.3. The summed E-state index contributed by atoms with van der Waals surface area (Å²) in [6.45, 7) is 2.82. The number of amides is 1. The number of hydrogen-bond acceptors (Lipinski definition) is 4. The highest BCUT2D eigenvalue weighted by Crippen LogP contribution is 2.48. The quantitative estimate of drug-likeness (QED) is 0.129. The third-order valence-corrected chi connectivity index (χ3v) is 10.9. The fourth-order valence-electron chi connectivity index (χ4n) is 8.35. The van der Waals surface area contributed by atoms with Crippen LogP contribution in [-0.4, -0.2) is 31.0 Å². The summed E-state index contributed by atoms with van der Waals surface area (Å²) in [7, 11) is 0. The highest BCUT2D eigenvalue weighted by Gasteiger charge is 2.47. The Bertz CT molecular complexity index is 2040. The van der Waals surface area contributed by atoms with E-state index in [4.69, 9.17) is 10.3 Å². The maximum absolute atomic E-state index is 13.8. The highest BCUT2D eigenvalue weighted by molar-refractivity contribution is 5.90. The standard InChI is InChI=1S/C45H43N5O/c1-2-3-23-39-32-44(30-15-16-31-44)43(51)49(39)33-34-26-28-35(29-27-34)40-24-13-14-25-41(40)42-46-47-48-50(42)45(36-17-7-4-8-18-36,37-19-9-5-10-20-37)38-21-11-6-12-22-38/h4-14,17-22,24-29,32H,2-3,15-16,23,30-31,33H2,1H3. The molecule has 51 heavy (non-hydrogen) atoms. The maximum Gasteiger partial charge on any atom is 0.237 e. The van der Waals surface area contributed by atoms with Crippen LogP contribution >= 0.6 is 0 Å². The molecular formula is C45H43N5O. The van der Waals surface area contributed by atoms with E-state index in [2.05, 4.69) is 138 Å². The SMILES string of the molecule is CCCCC1=CC2(CCCC2)C(=O)N1Cc1ccc(-c2ccccc2-c2nnnn2C(c2ccccc2)(c2ccccc2)c2ccccc2)cc1. The van der Waals surface area contributed by atoms with E-state index in [9.17, 15) is 4.79 Å². The van der Waals surface area contributed by atoms with Crippen LogP contribution in [0.2, 0.25) is 0 Å². The minimum atomic E-state index is -0.846. The van der Waals surface area contributed by atoms with Crippen molar-refractivity contribution in [2.45, 2.75) is 64.0 Å². The minimum Gasteiger partial charge on any atom is -0.311 e. The van der Waals surface area contributed by atoms with Crippen LogP contribution in [0.25, 0.3) is 22.5 Å². The van der Waals surface area contributed by atoms with Crippen molar-refractivity contribution in [3.05, 3.63) is 174 Å². The van der Waals surface area contributed by atoms with Crippen molar-refractivity contribution in [1.82, 2.24) is 25.1 Å². The Morgan fingerprint density at radius 1 is 0.686 bits per heavy atom. The van der Waals surface area contributed by atoms with Gasteiger partial charge in [0, 0.05) is 11.3 Å². The Kier molecular flexibility index (Phi) is 8.91. The number of hydrogen-bond donors (Lipinski definition) is 0. The van der Waals surface area contributed by atoms with Gasteiger partial charge in [-0.25, -0.2) is 4.68 Å². The van der Waals surface area contributed by atoms with Gasteiger partial charge in [-0.05, 0) is 75.6 Å². The number of benzene rings is 5. The Hall–Kier alpha value is -5.62. The van der Waals surface area contributed by atoms with Crippen LogP contribution in [0, 0.1) is 5.41 Å². The van der Waals surface area contributed by atoms with Gasteiger partial charge in [-0.15, -0.1) is 5.10 Å². The lowest BCUT2D eigenvalue weighted by Gasteiger charge is -2.36. The van der Waals surface area contributed by atoms with Crippen molar-refractivity contribution in [2.24, 2.45) is 5.41 Å². The molecule has 1 aliphatic heterocycles. The molecule has 0 saturated heterocycles. The number of aromatic nitrogens is 4. The Morgan fingerprint density at radius 3 is 1.80 bits per heavy atom. The normalized spacial score (nSPS) is 15.4. The maximum atomic E-state index is 13.8. The third kappa shape index (κ3) is 5.79. The number of tetrazole rings is 1. The minimum absolute atomic E-state index is 0.277. The summed E-state index contributed by atoms with van der Waals surface area (Å²) in [6.07, 6.45) is 9.73. The fraction of sp³-hybridized carbons (Fsp3) is 0.244. The molecule has 8 rings (SSSR count). The van der Waals surface area contributed by atoms with Gasteiger partial charge in [0.1, 0.15) is 5.54 Å². The molecule has 6 aromatic rings. The third-order valence-electron chi connectivity index (χ3n) is 10.9. The lowest BCUT2D eigenvalue weighted by molar-refractivity contribution is -0.135. The molecule has 0 N–H and O–H groups in total. The molecule has 6 nitrogen and oxygen atoms in total. The second-order valence-corrected chi connectivity index (χ2v) is 14.0. The summed E-state index contributed by atoms with van der Waals surface area (Å²) in [5.41, 5.74) is 7.42. The summed E-state index contributed by atoms with van der Waals surface area (Å²) in [6, 6.07) is 48.5. The van der Waals surface area contributed by atoms with Gasteiger partial charge in [-0.1, -0.05) is 166 Å². The molecule has 1 aliphatic carbocycles. The first-order valence-electron chi connectivity index (χ1n) is 18.3. The molecule has 1 amide bonds. The fourth-order valence-corrected chi connectivity index (χ4v) is 8.35. The molecule has 1 spiro atoms. The topological polar surface area (TPSA) is 63.9 Å². The lowest BCUT2D eigenvalue weighted by atomic mass is 9.77. The van der Waals surface area contributed by atoms with Crippen molar-refractivity contribution < 1.29 is 4.79 Å². The molecule has 1 fully saturated rings. The van der Waals surface area contributed by atoms with Crippen molar-refractivity contribution in [3.63, 3.8) is 0 Å². The van der Waals surface area contributed by atoms with E-state index in [1.54, 1.807) is 0 Å². The predicted molar refractivity (Wildman–Crippen MR) is 202 cm³/mol. The first-order chi connectivity index (χ1) is 25.1. The van der Waals surface area contributed by atoms with Crippen LogP contribution in [0.5, 0.6) is 0 Å². The van der Waals surface area contributed by atoms with Gasteiger partial charge in [0.25, 0.3) is 0 Å². The lowest BCUT2D eigenvalue weighted by Crippen LogP contribution is -2.39. The largest absolute Gasteiger partial charge is 0.311 e. The van der Waals surface area contributed by atoms with E-state index in [0.717, 1.165) is 83.9 Å². The number of nitrogens with zero attached hydrogens (tertiary/aromatic N) is 5. The number of unbranched alkanes of at least 4 members (excludes halogenated alkanes) is 1. The smallest absolute Gasteiger partial charge is 0.237 e. The molecule has 0 atom stereocenters. The number of rotatable bonds is 11. The van der Waals surface area contributed by atoms with Gasteiger partial charge in [0.2, 0.25) is 5.91 Å². The summed E-state index contributed by atoms with van der Waals surface area (Å²) in [5.74, 6) is 0.965. The average Bonchev–Trinajstić information content (AvgIpc) is 3.94. The molecule has 2 heterocycles. The monoisotopic (exact) mass is 669 g/mol. The molecule has 0 radical (unpaired) electrons. The summed E-state index contributed by atoms with van der Waals surface area (Å²) < 4.78 is 1.99. The number of carbonyl (C=O) groups is 1. The van der Waals surface area contributed by atoms with Crippen LogP contribution < -0.4 is 0 Å². The Labute approximate surface area is 300 Å². The summed E-state index contributed by atoms with van der Waals surface area (Å²) in [5, 5.41) is 13.8. The molecular weight excluding hydrogens is 627 g/mol. The zero-order chi connectivity index (χ0) is 34.7. The molecule has 5 aromatic carbocycles. The van der Waals surface area contributed by atoms with E-state index in [1.165, 1.54) is 5.70 Å². The van der Waals surface area contributed by atoms with E-state index < -0.39 is 5.54 Å². The van der Waals surface area contributed by atoms with Crippen LogP contribution in [0.15, 0.2) is 151 Å². The van der Waals surface area contributed by atoms with Gasteiger partial charge < -0.3 is 4.90 Å². The molecule has 254 valence electrons. The predicted octanol–water partition coefficient (Wildman–Crippen LogP) is 9.82. The van der Waals surface area contributed by atoms with Crippen molar-refractivity contribution >= 4 is 5.91 Å². The first kappa shape index (κ1) is 32.6. The molecule has 2 aliphatic rings. The summed E-state index contributed by atoms with van der Waals surface area (Å²) >= 11 is 0. The molecule has 1 aromatic heterocycles. The zero-order valence-electron chi connectivity index (χ0n) is 29.2. The Balaban J connectivity index is 1.19. The van der Waals surface area contributed by atoms with Gasteiger partial charge in [0.15, 0.2) is 5.82 Å². The van der Waals surface area contributed by atoms with Crippen molar-refractivity contribution in [3.8, 4) is 22.5 Å². The molecule has 0 bridgehead atoms. The van der Waals surface area contributed by atoms with Gasteiger partial charge in [0.05, 0.1) is 12.0 Å². The van der Waals surface area contributed by atoms with Crippen LogP contribution in [0.1, 0.15) is 74.1 Å². The van der Waals surface area contributed by atoms with Crippen molar-refractivity contribution in [1.29, 1.82) is 0 Å². The molecule has 0 unspecified atom stereocenters. The second-order valence-electron chi connectivity index (χ2n) is 14.0. The van der Waals surface area contributed by atoms with Crippen molar-refractivity contribution in [2.75, 3.05) is 0 Å². The van der Waals surface area contributed by atoms with Gasteiger partial charge in [-0.2, -0.15) is 0 Å². The second kappa shape index (κ2) is 13.9. The molecule has 6 heteroatoms. The number of allylic oxidation sites excluding steroid dienone is 1. The van der Waals surface area contributed by atoms with E-state index >= 15 is 0 Å². The molecule has 1 saturated carbocycles. The van der Waals surface area contributed by atoms with E-state index in [0.29, 0.717) is 18.3 Å². The summed E-state index contributed by atoms with van der Waals surface area (Å²) in [4.78, 5) is 15.9. The van der Waals surface area contributed by atoms with Crippen LogP contribution in [-0.2, 0) is 16.9 Å². The van der Waals surface area contributed by atoms with E-state index in [1.807, 2.05) is 28.9 Å².